The van der Waals surface area contributed by atoms with Crippen LogP contribution in [0.5, 0.6) is 17.2 Å². The third-order valence-electron chi connectivity index (χ3n) is 7.19. The zero-order valence-corrected chi connectivity index (χ0v) is 21.2. The van der Waals surface area contributed by atoms with E-state index in [2.05, 4.69) is 4.98 Å². The molecular weight excluding hydrogens is 565 g/mol. The number of nitrogens with zero attached hydrogens (tertiary/aromatic N) is 3. The molecule has 2 aromatic carbocycles. The van der Waals surface area contributed by atoms with Gasteiger partial charge in [0.2, 0.25) is 5.43 Å². The molecule has 218 valence electrons. The summed E-state index contributed by atoms with van der Waals surface area (Å²) in [6.07, 6.45) is 0.912. The molecule has 6 rings (SSSR count). The molecule has 1 saturated heterocycles. The number of piperidine rings is 1. The molecule has 4 aromatic rings. The Morgan fingerprint density at radius 3 is 2.07 bits per heavy atom. The van der Waals surface area contributed by atoms with Crippen LogP contribution in [0.15, 0.2) is 47.4 Å². The molecule has 1 aliphatic heterocycles. The Morgan fingerprint density at radius 2 is 1.52 bits per heavy atom. The van der Waals surface area contributed by atoms with Crippen molar-refractivity contribution >= 4 is 28.8 Å². The first-order chi connectivity index (χ1) is 19.8. The van der Waals surface area contributed by atoms with E-state index in [-0.39, 0.29) is 46.0 Å². The van der Waals surface area contributed by atoms with E-state index >= 15 is 0 Å². The summed E-state index contributed by atoms with van der Waals surface area (Å²) in [6, 6.07) is 5.38. The summed E-state index contributed by atoms with van der Waals surface area (Å²) in [5, 5.41) is 44.0. The van der Waals surface area contributed by atoms with Gasteiger partial charge in [-0.2, -0.15) is 0 Å². The maximum absolute atomic E-state index is 14.8. The average molecular weight is 586 g/mol. The van der Waals surface area contributed by atoms with E-state index in [1.807, 2.05) is 0 Å². The maximum atomic E-state index is 14.8. The van der Waals surface area contributed by atoms with Gasteiger partial charge in [-0.25, -0.2) is 27.7 Å². The Morgan fingerprint density at radius 1 is 0.905 bits per heavy atom. The quantitative estimate of drug-likeness (QED) is 0.192. The van der Waals surface area contributed by atoms with Gasteiger partial charge in [0.15, 0.2) is 34.5 Å². The Hall–Kier alpha value is -5.31. The number of benzene rings is 2. The second-order valence-corrected chi connectivity index (χ2v) is 9.79. The number of carboxylic acids is 2. The van der Waals surface area contributed by atoms with Crippen molar-refractivity contribution in [1.29, 1.82) is 0 Å². The predicted octanol–water partition coefficient (Wildman–Crippen LogP) is 2.40. The normalized spacial score (nSPS) is 18.8. The minimum absolute atomic E-state index is 0.0272. The van der Waals surface area contributed by atoms with Crippen molar-refractivity contribution in [3.8, 4) is 22.9 Å². The summed E-state index contributed by atoms with van der Waals surface area (Å²) >= 11 is 0. The number of halogens is 3. The molecule has 1 aliphatic carbocycles. The second kappa shape index (κ2) is 10.3. The van der Waals surface area contributed by atoms with Crippen LogP contribution in [0, 0.1) is 29.3 Å². The lowest BCUT2D eigenvalue weighted by Gasteiger charge is -2.22. The molecule has 1 saturated carbocycles. The Kier molecular flexibility index (Phi) is 6.90. The van der Waals surface area contributed by atoms with Gasteiger partial charge < -0.3 is 36.2 Å². The molecule has 0 spiro atoms. The molecule has 2 fully saturated rings. The van der Waals surface area contributed by atoms with E-state index in [1.54, 1.807) is 4.90 Å². The van der Waals surface area contributed by atoms with Gasteiger partial charge in [0.05, 0.1) is 16.6 Å². The average Bonchev–Trinajstić information content (AvgIpc) is 3.30. The summed E-state index contributed by atoms with van der Waals surface area (Å²) in [5.41, 5.74) is 3.65. The number of rotatable bonds is 4. The first-order valence-electron chi connectivity index (χ1n) is 12.2. The topological polar surface area (TPSA) is 199 Å². The highest BCUT2D eigenvalue weighted by atomic mass is 19.1. The number of anilines is 1. The van der Waals surface area contributed by atoms with Crippen LogP contribution in [-0.4, -0.2) is 66.2 Å². The summed E-state index contributed by atoms with van der Waals surface area (Å²) in [5.74, 6) is -7.04. The Balaban J connectivity index is 0.000000248. The van der Waals surface area contributed by atoms with Gasteiger partial charge in [0.25, 0.3) is 0 Å². The van der Waals surface area contributed by atoms with E-state index in [1.165, 1.54) is 0 Å². The monoisotopic (exact) mass is 586 g/mol. The van der Waals surface area contributed by atoms with Crippen LogP contribution in [0.4, 0.5) is 19.0 Å². The summed E-state index contributed by atoms with van der Waals surface area (Å²) in [7, 11) is 0. The van der Waals surface area contributed by atoms with Crippen molar-refractivity contribution < 1.29 is 48.3 Å². The summed E-state index contributed by atoms with van der Waals surface area (Å²) in [4.78, 5) is 40.4. The van der Waals surface area contributed by atoms with Gasteiger partial charge in [-0.1, -0.05) is 0 Å². The van der Waals surface area contributed by atoms with Gasteiger partial charge >= 0.3 is 11.9 Å². The fourth-order valence-electron chi connectivity index (χ4n) is 4.92. The number of hydrogen-bond acceptors (Lipinski definition) is 9. The lowest BCUT2D eigenvalue weighted by atomic mass is 10.1. The molecule has 42 heavy (non-hydrogen) atoms. The molecule has 12 nitrogen and oxygen atoms in total. The molecular formula is C27H21F3N4O8. The van der Waals surface area contributed by atoms with Gasteiger partial charge in [-0.15, -0.1) is 0 Å². The largest absolute Gasteiger partial charge is 0.504 e. The Bertz CT molecular complexity index is 1810. The Labute approximate surface area is 232 Å². The molecule has 0 bridgehead atoms. The number of fused-ring (bicyclic) bond motifs is 2. The smallest absolute Gasteiger partial charge is 0.341 e. The van der Waals surface area contributed by atoms with Crippen molar-refractivity contribution in [2.75, 3.05) is 18.0 Å². The van der Waals surface area contributed by atoms with Crippen LogP contribution >= 0.6 is 0 Å². The van der Waals surface area contributed by atoms with Crippen molar-refractivity contribution in [2.45, 2.75) is 6.04 Å². The van der Waals surface area contributed by atoms with Gasteiger partial charge in [0.1, 0.15) is 17.2 Å². The number of aromatic nitrogens is 2. The summed E-state index contributed by atoms with van der Waals surface area (Å²) < 4.78 is 43.7. The van der Waals surface area contributed by atoms with Crippen molar-refractivity contribution in [2.24, 2.45) is 17.6 Å². The fraction of sp³-hybridized carbons (Fsp3) is 0.185. The van der Waals surface area contributed by atoms with Crippen LogP contribution in [-0.2, 0) is 0 Å². The lowest BCUT2D eigenvalue weighted by Crippen LogP contribution is -2.30. The fourth-order valence-corrected chi connectivity index (χ4v) is 4.92. The SMILES string of the molecule is NC1[C@H]2CN(c3nc4c(cc3F)c(=O)c(C(=O)O)cn4-c3ccc(F)cc3F)C[C@@H]12.O=C(O)c1cc(O)c(O)c(O)c1. The second-order valence-electron chi connectivity index (χ2n) is 9.79. The number of pyridine rings is 2. The molecule has 3 atom stereocenters. The number of hydrogen-bond donors (Lipinski definition) is 6. The van der Waals surface area contributed by atoms with Gasteiger partial charge in [0, 0.05) is 31.4 Å². The molecule has 3 heterocycles. The predicted molar refractivity (Wildman–Crippen MR) is 140 cm³/mol. The highest BCUT2D eigenvalue weighted by Gasteiger charge is 2.54. The van der Waals surface area contributed by atoms with Gasteiger partial charge in [-0.05, 0) is 42.2 Å². The molecule has 15 heteroatoms. The highest BCUT2D eigenvalue weighted by Crippen LogP contribution is 2.45. The highest BCUT2D eigenvalue weighted by molar-refractivity contribution is 5.92. The zero-order chi connectivity index (χ0) is 30.6. The van der Waals surface area contributed by atoms with Crippen LogP contribution in [0.3, 0.4) is 0 Å². The third-order valence-corrected chi connectivity index (χ3v) is 7.19. The van der Waals surface area contributed by atoms with E-state index in [0.717, 1.165) is 41.1 Å². The van der Waals surface area contributed by atoms with Crippen LogP contribution in [0.2, 0.25) is 0 Å². The molecule has 1 unspecified atom stereocenters. The first kappa shape index (κ1) is 28.2. The van der Waals surface area contributed by atoms with Crippen molar-refractivity contribution in [1.82, 2.24) is 9.55 Å². The number of carbonyl (C=O) groups is 2. The van der Waals surface area contributed by atoms with E-state index in [0.29, 0.717) is 19.2 Å². The molecule has 2 aromatic heterocycles. The molecule has 0 radical (unpaired) electrons. The van der Waals surface area contributed by atoms with E-state index in [9.17, 15) is 32.7 Å². The zero-order valence-electron chi connectivity index (χ0n) is 21.2. The number of aromatic carboxylic acids is 2. The lowest BCUT2D eigenvalue weighted by molar-refractivity contribution is 0.0684. The number of phenols is 3. The first-order valence-corrected chi connectivity index (χ1v) is 12.2. The third kappa shape index (κ3) is 4.89. The minimum Gasteiger partial charge on any atom is -0.504 e. The van der Waals surface area contributed by atoms with Gasteiger partial charge in [-0.3, -0.25) is 9.36 Å². The molecule has 0 amide bonds. The van der Waals surface area contributed by atoms with E-state index in [4.69, 9.17) is 26.2 Å². The number of carboxylic acid groups (broad SMARTS) is 2. The number of phenolic OH excluding ortho intramolecular Hbond substituents is 3. The minimum atomic E-state index is -1.56. The number of aromatic hydroxyl groups is 3. The van der Waals surface area contributed by atoms with Crippen LogP contribution in [0.1, 0.15) is 20.7 Å². The van der Waals surface area contributed by atoms with E-state index < -0.39 is 57.6 Å². The standard InChI is InChI=1S/C20H15F3N4O3.C7H6O5/c21-8-1-2-15(13(22)3-8)27-7-12(20(29)30)17(28)9-4-14(23)19(25-18(9)27)26-5-10-11(6-26)16(10)24;8-4-1-3(7(11)12)2-5(9)6(4)10/h1-4,7,10-11,16H,5-6,24H2,(H,29,30);1-2,8-10H,(H,11,12)/t10-,11+,16?;. The molecule has 7 N–H and O–H groups in total. The van der Waals surface area contributed by atoms with Crippen molar-refractivity contribution in [3.05, 3.63) is 81.4 Å². The summed E-state index contributed by atoms with van der Waals surface area (Å²) in [6.45, 7) is 1.01. The van der Waals surface area contributed by atoms with Crippen LogP contribution < -0.4 is 16.1 Å². The maximum Gasteiger partial charge on any atom is 0.341 e. The number of nitrogens with two attached hydrogens (primary N) is 1. The molecule has 2 aliphatic rings. The van der Waals surface area contributed by atoms with Crippen LogP contribution in [0.25, 0.3) is 16.7 Å². The van der Waals surface area contributed by atoms with Crippen molar-refractivity contribution in [3.63, 3.8) is 0 Å².